The highest BCUT2D eigenvalue weighted by Crippen LogP contribution is 2.37. The first-order valence-corrected chi connectivity index (χ1v) is 14.4. The maximum Gasteiger partial charge on any atom is 0.264 e. The molecular formula is C28H29F2N5O5S. The van der Waals surface area contributed by atoms with Crippen LogP contribution in [-0.2, 0) is 14.8 Å². The van der Waals surface area contributed by atoms with Gasteiger partial charge in [0.25, 0.3) is 10.0 Å². The monoisotopic (exact) mass is 585 g/mol. The fourth-order valence-electron chi connectivity index (χ4n) is 4.93. The van der Waals surface area contributed by atoms with Gasteiger partial charge >= 0.3 is 0 Å². The molecule has 1 aliphatic carbocycles. The number of nitrogen functional groups attached to an aromatic ring is 1. The fourth-order valence-corrected chi connectivity index (χ4v) is 6.04. The number of nitrogens with zero attached hydrogens (tertiary/aromatic N) is 3. The molecule has 1 saturated carbocycles. The van der Waals surface area contributed by atoms with E-state index in [0.717, 1.165) is 37.8 Å². The Morgan fingerprint density at radius 3 is 2.39 bits per heavy atom. The molecule has 13 heteroatoms. The zero-order chi connectivity index (χ0) is 29.3. The van der Waals surface area contributed by atoms with E-state index in [1.165, 1.54) is 19.4 Å². The van der Waals surface area contributed by atoms with Crippen molar-refractivity contribution in [1.82, 2.24) is 15.0 Å². The molecule has 3 N–H and O–H groups in total. The molecule has 2 aromatic heterocycles. The van der Waals surface area contributed by atoms with Crippen LogP contribution in [0.1, 0.15) is 31.4 Å². The van der Waals surface area contributed by atoms with Gasteiger partial charge in [-0.15, -0.1) is 0 Å². The van der Waals surface area contributed by atoms with E-state index in [9.17, 15) is 17.2 Å². The number of ether oxygens (including phenoxy) is 3. The normalized spacial score (nSPS) is 17.4. The molecule has 10 nitrogen and oxygen atoms in total. The number of aryl methyl sites for hydroxylation is 1. The molecule has 0 aliphatic heterocycles. The summed E-state index contributed by atoms with van der Waals surface area (Å²) >= 11 is 0. The van der Waals surface area contributed by atoms with Crippen molar-refractivity contribution in [3.8, 4) is 22.8 Å². The van der Waals surface area contributed by atoms with Gasteiger partial charge in [0.15, 0.2) is 0 Å². The lowest BCUT2D eigenvalue weighted by atomic mass is 9.95. The highest BCUT2D eigenvalue weighted by molar-refractivity contribution is 7.92. The van der Waals surface area contributed by atoms with Crippen molar-refractivity contribution < 1.29 is 31.4 Å². The Kier molecular flexibility index (Phi) is 7.91. The largest absolute Gasteiger partial charge is 0.488 e. The van der Waals surface area contributed by atoms with Crippen LogP contribution in [0.2, 0.25) is 0 Å². The van der Waals surface area contributed by atoms with E-state index in [1.54, 1.807) is 20.1 Å². The molecular weight excluding hydrogens is 556 g/mol. The molecule has 0 amide bonds. The van der Waals surface area contributed by atoms with Gasteiger partial charge in [-0.3, -0.25) is 4.72 Å². The summed E-state index contributed by atoms with van der Waals surface area (Å²) in [6.45, 7) is 1.81. The number of hydrogen-bond donors (Lipinski definition) is 2. The maximum atomic E-state index is 14.3. The van der Waals surface area contributed by atoms with Crippen LogP contribution in [0.15, 0.2) is 47.5 Å². The molecule has 0 unspecified atom stereocenters. The quantitative estimate of drug-likeness (QED) is 0.292. The maximum absolute atomic E-state index is 14.3. The summed E-state index contributed by atoms with van der Waals surface area (Å²) < 4.78 is 73.2. The van der Waals surface area contributed by atoms with Gasteiger partial charge < -0.3 is 19.9 Å². The van der Waals surface area contributed by atoms with Crippen LogP contribution in [0.25, 0.3) is 22.0 Å². The van der Waals surface area contributed by atoms with Gasteiger partial charge in [-0.05, 0) is 68.5 Å². The number of pyridine rings is 1. The first-order valence-electron chi connectivity index (χ1n) is 12.9. The second-order valence-electron chi connectivity index (χ2n) is 9.75. The average Bonchev–Trinajstić information content (AvgIpc) is 2.93. The molecule has 0 radical (unpaired) electrons. The number of nitrogens with one attached hydrogen (secondary N) is 1. The summed E-state index contributed by atoms with van der Waals surface area (Å²) in [5.41, 5.74) is 8.26. The molecule has 1 aliphatic rings. The summed E-state index contributed by atoms with van der Waals surface area (Å²) in [4.78, 5) is 12.3. The van der Waals surface area contributed by atoms with Gasteiger partial charge in [-0.2, -0.15) is 0 Å². The number of rotatable bonds is 8. The summed E-state index contributed by atoms with van der Waals surface area (Å²) in [7, 11) is -1.42. The third-order valence-corrected chi connectivity index (χ3v) is 8.43. The van der Waals surface area contributed by atoms with Crippen LogP contribution in [0.3, 0.4) is 0 Å². The van der Waals surface area contributed by atoms with E-state index in [4.69, 9.17) is 19.9 Å². The van der Waals surface area contributed by atoms with Gasteiger partial charge in [0, 0.05) is 30.3 Å². The summed E-state index contributed by atoms with van der Waals surface area (Å²) in [5, 5.41) is 0.698. The molecule has 41 heavy (non-hydrogen) atoms. The Morgan fingerprint density at radius 1 is 0.976 bits per heavy atom. The Balaban J connectivity index is 1.56. The van der Waals surface area contributed by atoms with Gasteiger partial charge in [0.1, 0.15) is 33.5 Å². The number of anilines is 2. The second kappa shape index (κ2) is 11.4. The first-order chi connectivity index (χ1) is 19.6. The van der Waals surface area contributed by atoms with E-state index >= 15 is 0 Å². The number of nitrogens with two attached hydrogens (primary N) is 1. The van der Waals surface area contributed by atoms with Crippen LogP contribution < -0.4 is 19.9 Å². The van der Waals surface area contributed by atoms with Crippen LogP contribution in [0.5, 0.6) is 11.6 Å². The molecule has 0 saturated heterocycles. The van der Waals surface area contributed by atoms with Crippen molar-refractivity contribution in [2.75, 3.05) is 24.7 Å². The predicted molar refractivity (Wildman–Crippen MR) is 149 cm³/mol. The summed E-state index contributed by atoms with van der Waals surface area (Å²) in [5.74, 6) is -1.55. The number of fused-ring (bicyclic) bond motifs is 1. The number of hydrogen-bond acceptors (Lipinski definition) is 9. The molecule has 1 fully saturated rings. The van der Waals surface area contributed by atoms with Crippen molar-refractivity contribution in [3.63, 3.8) is 0 Å². The molecule has 0 bridgehead atoms. The van der Waals surface area contributed by atoms with Gasteiger partial charge in [0.2, 0.25) is 11.8 Å². The first kappa shape index (κ1) is 28.4. The number of benzene rings is 2. The van der Waals surface area contributed by atoms with Crippen molar-refractivity contribution in [2.45, 2.75) is 49.7 Å². The lowest BCUT2D eigenvalue weighted by Gasteiger charge is -2.28. The van der Waals surface area contributed by atoms with Crippen molar-refractivity contribution in [1.29, 1.82) is 0 Å². The minimum absolute atomic E-state index is 0.0422. The van der Waals surface area contributed by atoms with E-state index < -0.39 is 26.6 Å². The highest BCUT2D eigenvalue weighted by atomic mass is 32.2. The van der Waals surface area contributed by atoms with E-state index in [2.05, 4.69) is 19.7 Å². The standard InChI is InChI=1S/C28H29F2N5O5S/c1-15-21-10-16(12-24(26(21)34-28(31)33-15)40-20-7-5-19(38-2)6-8-20)17-11-23(27(39-3)32-14-17)35-41(36,37)25-9-4-18(29)13-22(25)30/h4,9-14,19-20,35H,5-8H2,1-3H3,(H2,31,33,34)/t19-,20+. The molecule has 5 rings (SSSR count). The molecule has 0 atom stereocenters. The molecule has 216 valence electrons. The summed E-state index contributed by atoms with van der Waals surface area (Å²) in [6.07, 6.45) is 5.01. The van der Waals surface area contributed by atoms with Crippen LogP contribution >= 0.6 is 0 Å². The number of sulfonamides is 1. The fraction of sp³-hybridized carbons (Fsp3) is 0.321. The van der Waals surface area contributed by atoms with Gasteiger partial charge in [0.05, 0.1) is 25.0 Å². The van der Waals surface area contributed by atoms with Crippen molar-refractivity contribution in [3.05, 3.63) is 59.9 Å². The Morgan fingerprint density at radius 2 is 1.71 bits per heavy atom. The summed E-state index contributed by atoms with van der Waals surface area (Å²) in [6, 6.07) is 7.33. The third-order valence-electron chi connectivity index (χ3n) is 7.03. The SMILES string of the molecule is COc1ncc(-c2cc(O[C@H]3CC[C@@H](OC)CC3)c3nc(N)nc(C)c3c2)cc1NS(=O)(=O)c1ccc(F)cc1F. The zero-order valence-corrected chi connectivity index (χ0v) is 23.5. The number of halogens is 2. The van der Waals surface area contributed by atoms with Gasteiger partial charge in [-0.1, -0.05) is 0 Å². The van der Waals surface area contributed by atoms with Crippen LogP contribution in [-0.4, -0.2) is 49.8 Å². The number of methoxy groups -OCH3 is 2. The lowest BCUT2D eigenvalue weighted by Crippen LogP contribution is -2.27. The van der Waals surface area contributed by atoms with E-state index in [0.29, 0.717) is 39.5 Å². The third kappa shape index (κ3) is 6.00. The second-order valence-corrected chi connectivity index (χ2v) is 11.4. The van der Waals surface area contributed by atoms with Crippen LogP contribution in [0.4, 0.5) is 20.4 Å². The van der Waals surface area contributed by atoms with Crippen molar-refractivity contribution >= 4 is 32.6 Å². The molecule has 2 heterocycles. The minimum atomic E-state index is -4.45. The zero-order valence-electron chi connectivity index (χ0n) is 22.6. The van der Waals surface area contributed by atoms with E-state index in [-0.39, 0.29) is 29.7 Å². The lowest BCUT2D eigenvalue weighted by molar-refractivity contribution is 0.0331. The number of aromatic nitrogens is 3. The Hall–Kier alpha value is -4.10. The topological polar surface area (TPSA) is 139 Å². The van der Waals surface area contributed by atoms with Crippen molar-refractivity contribution in [2.24, 2.45) is 0 Å². The molecule has 2 aromatic carbocycles. The van der Waals surface area contributed by atoms with E-state index in [1.807, 2.05) is 6.07 Å². The average molecular weight is 586 g/mol. The highest BCUT2D eigenvalue weighted by Gasteiger charge is 2.25. The molecule has 4 aromatic rings. The Bertz CT molecular complexity index is 1710. The Labute approximate surface area is 235 Å². The van der Waals surface area contributed by atoms with Gasteiger partial charge in [-0.25, -0.2) is 32.2 Å². The molecule has 0 spiro atoms. The minimum Gasteiger partial charge on any atom is -0.488 e. The van der Waals surface area contributed by atoms with Crippen LogP contribution in [0, 0.1) is 18.6 Å². The smallest absolute Gasteiger partial charge is 0.264 e. The predicted octanol–water partition coefficient (Wildman–Crippen LogP) is 5.01.